The molecule has 1 heteroatoms. The lowest BCUT2D eigenvalue weighted by atomic mass is 10.00. The third-order valence-corrected chi connectivity index (χ3v) is 2.43. The Morgan fingerprint density at radius 2 is 1.57 bits per heavy atom. The Bertz CT molecular complexity index is 374. The molecule has 0 spiro atoms. The molecule has 1 aromatic rings. The Balaban J connectivity index is 0.000000461. The average molecular weight is 190 g/mol. The van der Waals surface area contributed by atoms with Crippen LogP contribution in [0.3, 0.4) is 0 Å². The van der Waals surface area contributed by atoms with E-state index in [1.807, 2.05) is 32.0 Å². The van der Waals surface area contributed by atoms with Crippen molar-refractivity contribution in [3.8, 4) is 0 Å². The Morgan fingerprint density at radius 3 is 2.14 bits per heavy atom. The van der Waals surface area contributed by atoms with E-state index in [-0.39, 0.29) is 0 Å². The van der Waals surface area contributed by atoms with Crippen molar-refractivity contribution in [2.24, 2.45) is 0 Å². The van der Waals surface area contributed by atoms with E-state index >= 15 is 0 Å². The van der Waals surface area contributed by atoms with Crippen LogP contribution >= 0.6 is 0 Å². The Hall–Kier alpha value is -1.24. The van der Waals surface area contributed by atoms with E-state index in [1.165, 1.54) is 10.8 Å². The highest BCUT2D eigenvalue weighted by atomic mass is 16.3. The summed E-state index contributed by atoms with van der Waals surface area (Å²) in [5, 5.41) is 11.8. The molecule has 1 aliphatic carbocycles. The van der Waals surface area contributed by atoms with Crippen LogP contribution in [0.1, 0.15) is 33.6 Å². The van der Waals surface area contributed by atoms with Gasteiger partial charge in [0.2, 0.25) is 0 Å². The molecule has 0 bridgehead atoms. The summed E-state index contributed by atoms with van der Waals surface area (Å²) in [5.41, 5.74) is 1.38. The monoisotopic (exact) mass is 190 g/mol. The van der Waals surface area contributed by atoms with Crippen molar-refractivity contribution in [1.29, 1.82) is 0 Å². The van der Waals surface area contributed by atoms with Gasteiger partial charge in [0.25, 0.3) is 0 Å². The van der Waals surface area contributed by atoms with Crippen LogP contribution in [0.2, 0.25) is 0 Å². The Morgan fingerprint density at radius 1 is 1.00 bits per heavy atom. The molecule has 1 aromatic carbocycles. The number of hydrogen-bond donors (Lipinski definition) is 1. The van der Waals surface area contributed by atoms with Crippen molar-refractivity contribution in [2.75, 3.05) is 0 Å². The van der Waals surface area contributed by atoms with E-state index in [0.717, 1.165) is 18.1 Å². The molecule has 0 aliphatic heterocycles. The molecule has 2 rings (SSSR count). The summed E-state index contributed by atoms with van der Waals surface area (Å²) in [5.74, 6) is 0.538. The largest absolute Gasteiger partial charge is 0.512 e. The maximum atomic E-state index is 9.58. The van der Waals surface area contributed by atoms with Crippen LogP contribution in [0.15, 0.2) is 24.3 Å². The third-order valence-electron chi connectivity index (χ3n) is 2.43. The highest BCUT2D eigenvalue weighted by molar-refractivity contribution is 5.52. The second-order valence-corrected chi connectivity index (χ2v) is 3.27. The summed E-state index contributed by atoms with van der Waals surface area (Å²) < 4.78 is 0. The molecule has 14 heavy (non-hydrogen) atoms. The van der Waals surface area contributed by atoms with Crippen LogP contribution in [0.4, 0.5) is 0 Å². The second-order valence-electron chi connectivity index (χ2n) is 3.27. The van der Waals surface area contributed by atoms with Crippen LogP contribution in [-0.4, -0.2) is 5.11 Å². The first-order valence-electron chi connectivity index (χ1n) is 5.26. The normalized spacial score (nSPS) is 14.2. The molecule has 0 fully saturated rings. The fourth-order valence-electron chi connectivity index (χ4n) is 1.68. The van der Waals surface area contributed by atoms with Crippen molar-refractivity contribution < 1.29 is 5.11 Å². The Kier molecular flexibility index (Phi) is 3.75. The third kappa shape index (κ3) is 1.98. The van der Waals surface area contributed by atoms with Gasteiger partial charge in [-0.2, -0.15) is 0 Å². The minimum absolute atomic E-state index is 0.538. The minimum Gasteiger partial charge on any atom is -0.512 e. The number of hydrogen-bond acceptors (Lipinski definition) is 1. The summed E-state index contributed by atoms with van der Waals surface area (Å²) in [6.45, 7) is 6.13. The molecule has 1 aliphatic rings. The quantitative estimate of drug-likeness (QED) is 0.665. The lowest BCUT2D eigenvalue weighted by molar-refractivity contribution is 0.476. The van der Waals surface area contributed by atoms with Gasteiger partial charge in [-0.25, -0.2) is 0 Å². The average Bonchev–Trinajstić information content (AvgIpc) is 2.27. The summed E-state index contributed by atoms with van der Waals surface area (Å²) in [4.78, 5) is 0. The van der Waals surface area contributed by atoms with Gasteiger partial charge in [0.1, 0.15) is 5.76 Å². The van der Waals surface area contributed by atoms with Gasteiger partial charge in [-0.05, 0) is 18.6 Å². The highest BCUT2D eigenvalue weighted by Crippen LogP contribution is 2.10. The molecule has 0 atom stereocenters. The molecule has 0 unspecified atom stereocenters. The summed E-state index contributed by atoms with van der Waals surface area (Å²) in [6, 6.07) is 8.03. The van der Waals surface area contributed by atoms with Gasteiger partial charge in [0.05, 0.1) is 0 Å². The number of aliphatic hydroxyl groups is 1. The second kappa shape index (κ2) is 4.85. The molecule has 0 amide bonds. The van der Waals surface area contributed by atoms with Gasteiger partial charge in [-0.15, -0.1) is 0 Å². The number of aliphatic hydroxyl groups excluding tert-OH is 1. The molecule has 0 aromatic heterocycles. The topological polar surface area (TPSA) is 20.2 Å². The molecule has 1 N–H and O–H groups in total. The van der Waals surface area contributed by atoms with Gasteiger partial charge in [-0.1, -0.05) is 43.7 Å². The lowest BCUT2D eigenvalue weighted by Crippen LogP contribution is -2.31. The first-order chi connectivity index (χ1) is 6.79. The van der Waals surface area contributed by atoms with Crippen molar-refractivity contribution in [3.63, 3.8) is 0 Å². The summed E-state index contributed by atoms with van der Waals surface area (Å²) in [7, 11) is 0. The number of rotatable bonds is 0. The predicted molar refractivity (Wildman–Crippen MR) is 61.4 cm³/mol. The van der Waals surface area contributed by atoms with E-state index in [2.05, 4.69) is 13.0 Å². The van der Waals surface area contributed by atoms with Crippen molar-refractivity contribution in [2.45, 2.75) is 33.6 Å². The first-order valence-corrected chi connectivity index (χ1v) is 5.26. The van der Waals surface area contributed by atoms with Crippen LogP contribution < -0.4 is 10.4 Å². The summed E-state index contributed by atoms with van der Waals surface area (Å²) in [6.07, 6.45) is 1.78. The molecule has 1 nitrogen and oxygen atoms in total. The zero-order valence-corrected chi connectivity index (χ0v) is 9.17. The van der Waals surface area contributed by atoms with Crippen LogP contribution in [0, 0.1) is 0 Å². The van der Waals surface area contributed by atoms with Crippen molar-refractivity contribution in [3.05, 3.63) is 34.7 Å². The van der Waals surface area contributed by atoms with E-state index in [0.29, 0.717) is 5.76 Å². The summed E-state index contributed by atoms with van der Waals surface area (Å²) >= 11 is 0. The van der Waals surface area contributed by atoms with Gasteiger partial charge in [-0.3, -0.25) is 0 Å². The zero-order valence-electron chi connectivity index (χ0n) is 9.17. The minimum atomic E-state index is 0.538. The Labute approximate surface area is 85.4 Å². The molecule has 0 saturated carbocycles. The fourth-order valence-corrected chi connectivity index (χ4v) is 1.68. The number of benzene rings is 1. The van der Waals surface area contributed by atoms with E-state index in [1.54, 1.807) is 0 Å². The standard InChI is InChI=1S/C11H12O.C2H6/c1-8-6-7-11(12)10-5-3-2-4-9(8)10;1-2/h2-5,12H,6-7H2,1H3;1-2H3. The van der Waals surface area contributed by atoms with Gasteiger partial charge in [0.15, 0.2) is 0 Å². The van der Waals surface area contributed by atoms with Gasteiger partial charge in [0, 0.05) is 11.6 Å². The molecular formula is C13H18O. The molecule has 0 saturated heterocycles. The van der Waals surface area contributed by atoms with Crippen LogP contribution in [0.5, 0.6) is 0 Å². The maximum Gasteiger partial charge on any atom is 0.100 e. The van der Waals surface area contributed by atoms with Crippen LogP contribution in [0.25, 0.3) is 11.3 Å². The lowest BCUT2D eigenvalue weighted by Gasteiger charge is -2.08. The molecule has 0 radical (unpaired) electrons. The predicted octanol–water partition coefficient (Wildman–Crippen LogP) is 2.34. The fraction of sp³-hybridized carbons (Fsp3) is 0.385. The van der Waals surface area contributed by atoms with Crippen LogP contribution in [-0.2, 0) is 0 Å². The maximum absolute atomic E-state index is 9.58. The molecular weight excluding hydrogens is 172 g/mol. The van der Waals surface area contributed by atoms with E-state index in [4.69, 9.17) is 0 Å². The molecule has 76 valence electrons. The van der Waals surface area contributed by atoms with Crippen molar-refractivity contribution in [1.82, 2.24) is 0 Å². The van der Waals surface area contributed by atoms with E-state index in [9.17, 15) is 5.11 Å². The molecule has 0 heterocycles. The smallest absolute Gasteiger partial charge is 0.100 e. The SMILES string of the molecule is CC.CC1=c2ccccc2=C(O)CC1. The highest BCUT2D eigenvalue weighted by Gasteiger charge is 2.05. The van der Waals surface area contributed by atoms with Crippen molar-refractivity contribution >= 4 is 11.3 Å². The number of fused-ring (bicyclic) bond motifs is 1. The van der Waals surface area contributed by atoms with E-state index < -0.39 is 0 Å². The zero-order chi connectivity index (χ0) is 10.6. The van der Waals surface area contributed by atoms with Gasteiger partial charge >= 0.3 is 0 Å². The van der Waals surface area contributed by atoms with Gasteiger partial charge < -0.3 is 5.11 Å². The first kappa shape index (κ1) is 10.8.